The van der Waals surface area contributed by atoms with Crippen molar-refractivity contribution in [3.63, 3.8) is 0 Å². The van der Waals surface area contributed by atoms with E-state index in [0.29, 0.717) is 0 Å². The smallest absolute Gasteiger partial charge is 0.238 e. The van der Waals surface area contributed by atoms with Crippen molar-refractivity contribution in [2.75, 3.05) is 51.6 Å². The third-order valence-corrected chi connectivity index (χ3v) is 3.62. The lowest BCUT2D eigenvalue weighted by atomic mass is 10.2. The summed E-state index contributed by atoms with van der Waals surface area (Å²) in [4.78, 5) is 27.7. The summed E-state index contributed by atoms with van der Waals surface area (Å²) in [5, 5.41) is 6.05. The van der Waals surface area contributed by atoms with Gasteiger partial charge in [0.2, 0.25) is 11.8 Å². The van der Waals surface area contributed by atoms with E-state index in [1.54, 1.807) is 11.9 Å². The van der Waals surface area contributed by atoms with Crippen LogP contribution in [0.2, 0.25) is 0 Å². The Kier molecular flexibility index (Phi) is 5.91. The zero-order valence-corrected chi connectivity index (χ0v) is 13.3. The Hall–Kier alpha value is -1.92. The molecule has 0 bridgehead atoms. The quantitative estimate of drug-likeness (QED) is 0.821. The molecule has 0 aliphatic carbocycles. The molecule has 1 saturated heterocycles. The Morgan fingerprint density at radius 3 is 2.45 bits per heavy atom. The van der Waals surface area contributed by atoms with Gasteiger partial charge in [-0.3, -0.25) is 14.5 Å². The molecule has 2 N–H and O–H groups in total. The van der Waals surface area contributed by atoms with Crippen molar-refractivity contribution in [2.45, 2.75) is 6.92 Å². The number of carbonyl (C=O) groups excluding carboxylic acids is 2. The van der Waals surface area contributed by atoms with E-state index in [2.05, 4.69) is 10.6 Å². The number of carbonyl (C=O) groups is 2. The maximum absolute atomic E-state index is 12.1. The van der Waals surface area contributed by atoms with Crippen LogP contribution in [0.3, 0.4) is 0 Å². The molecule has 0 saturated carbocycles. The summed E-state index contributed by atoms with van der Waals surface area (Å²) >= 11 is 0. The fraction of sp³-hybridized carbons (Fsp3) is 0.500. The van der Waals surface area contributed by atoms with Crippen LogP contribution in [-0.4, -0.2) is 67.9 Å². The summed E-state index contributed by atoms with van der Waals surface area (Å²) in [6.07, 6.45) is 0. The number of nitrogens with one attached hydrogen (secondary N) is 2. The summed E-state index contributed by atoms with van der Waals surface area (Å²) in [5.41, 5.74) is 1.93. The van der Waals surface area contributed by atoms with E-state index in [1.807, 2.05) is 36.1 Å². The van der Waals surface area contributed by atoms with Crippen molar-refractivity contribution >= 4 is 17.5 Å². The first kappa shape index (κ1) is 16.5. The molecule has 1 fully saturated rings. The molecule has 1 aliphatic rings. The van der Waals surface area contributed by atoms with Gasteiger partial charge in [0.15, 0.2) is 0 Å². The number of nitrogens with zero attached hydrogens (tertiary/aromatic N) is 2. The average Bonchev–Trinajstić information content (AvgIpc) is 2.50. The van der Waals surface area contributed by atoms with Crippen LogP contribution in [0.5, 0.6) is 0 Å². The number of rotatable bonds is 5. The van der Waals surface area contributed by atoms with Gasteiger partial charge < -0.3 is 15.5 Å². The molecule has 0 aromatic heterocycles. The molecule has 120 valence electrons. The molecule has 2 amide bonds. The third kappa shape index (κ3) is 5.13. The van der Waals surface area contributed by atoms with Crippen LogP contribution >= 0.6 is 0 Å². The highest BCUT2D eigenvalue weighted by molar-refractivity contribution is 5.92. The molecule has 1 aromatic rings. The first-order valence-corrected chi connectivity index (χ1v) is 7.58. The van der Waals surface area contributed by atoms with Crippen LogP contribution in [0.4, 0.5) is 5.69 Å². The van der Waals surface area contributed by atoms with Crippen LogP contribution in [-0.2, 0) is 9.59 Å². The number of aryl methyl sites for hydroxylation is 1. The van der Waals surface area contributed by atoms with Crippen LogP contribution in [0.25, 0.3) is 0 Å². The molecule has 0 radical (unpaired) electrons. The van der Waals surface area contributed by atoms with Crippen molar-refractivity contribution in [3.05, 3.63) is 29.8 Å². The van der Waals surface area contributed by atoms with Crippen molar-refractivity contribution in [1.82, 2.24) is 15.1 Å². The Balaban J connectivity index is 1.75. The van der Waals surface area contributed by atoms with E-state index in [4.69, 9.17) is 0 Å². The van der Waals surface area contributed by atoms with Gasteiger partial charge in [0.1, 0.15) is 0 Å². The van der Waals surface area contributed by atoms with Gasteiger partial charge in [0, 0.05) is 31.9 Å². The van der Waals surface area contributed by atoms with Crippen molar-refractivity contribution in [2.24, 2.45) is 0 Å². The van der Waals surface area contributed by atoms with Crippen LogP contribution < -0.4 is 10.6 Å². The average molecular weight is 304 g/mol. The lowest BCUT2D eigenvalue weighted by molar-refractivity contribution is -0.133. The summed E-state index contributed by atoms with van der Waals surface area (Å²) in [7, 11) is 1.79. The fourth-order valence-electron chi connectivity index (χ4n) is 2.38. The number of piperazine rings is 1. The zero-order valence-electron chi connectivity index (χ0n) is 13.3. The van der Waals surface area contributed by atoms with Gasteiger partial charge in [-0.05, 0) is 26.1 Å². The normalized spacial score (nSPS) is 15.0. The highest BCUT2D eigenvalue weighted by Crippen LogP contribution is 2.08. The molecule has 1 aliphatic heterocycles. The summed E-state index contributed by atoms with van der Waals surface area (Å²) in [5.74, 6) is -0.0356. The molecule has 1 heterocycles. The molecule has 22 heavy (non-hydrogen) atoms. The maximum atomic E-state index is 12.1. The monoisotopic (exact) mass is 304 g/mol. The van der Waals surface area contributed by atoms with E-state index in [9.17, 15) is 9.59 Å². The predicted molar refractivity (Wildman–Crippen MR) is 86.8 cm³/mol. The molecule has 6 nitrogen and oxygen atoms in total. The minimum absolute atomic E-state index is 0.0761. The zero-order chi connectivity index (χ0) is 15.9. The van der Waals surface area contributed by atoms with Gasteiger partial charge in [-0.1, -0.05) is 17.7 Å². The number of hydrogen-bond acceptors (Lipinski definition) is 4. The summed E-state index contributed by atoms with van der Waals surface area (Å²) in [6, 6.07) is 7.65. The van der Waals surface area contributed by atoms with E-state index in [1.165, 1.54) is 0 Å². The Bertz CT molecular complexity index is 509. The number of hydrogen-bond donors (Lipinski definition) is 2. The van der Waals surface area contributed by atoms with Crippen LogP contribution in [0.15, 0.2) is 24.3 Å². The second-order valence-corrected chi connectivity index (χ2v) is 5.72. The lowest BCUT2D eigenvalue weighted by Crippen LogP contribution is -2.49. The van der Waals surface area contributed by atoms with Gasteiger partial charge in [-0.15, -0.1) is 0 Å². The highest BCUT2D eigenvalue weighted by atomic mass is 16.2. The summed E-state index contributed by atoms with van der Waals surface area (Å²) in [6.45, 7) is 5.62. The predicted octanol–water partition coefficient (Wildman–Crippen LogP) is 0.297. The standard InChI is InChI=1S/C16H24N4O2/c1-13-3-5-14(6-4-13)18-15(21)11-19(2)12-16(22)20-9-7-17-8-10-20/h3-6,17H,7-12H2,1-2H3,(H,18,21). The Labute approximate surface area is 131 Å². The molecular formula is C16H24N4O2. The molecule has 0 spiro atoms. The molecule has 6 heteroatoms. The van der Waals surface area contributed by atoms with Crippen LogP contribution in [0.1, 0.15) is 5.56 Å². The first-order valence-electron chi connectivity index (χ1n) is 7.58. The lowest BCUT2D eigenvalue weighted by Gasteiger charge is -2.29. The highest BCUT2D eigenvalue weighted by Gasteiger charge is 2.18. The van der Waals surface area contributed by atoms with Gasteiger partial charge in [-0.2, -0.15) is 0 Å². The topological polar surface area (TPSA) is 64.7 Å². The minimum atomic E-state index is -0.112. The summed E-state index contributed by atoms with van der Waals surface area (Å²) < 4.78 is 0. The van der Waals surface area contributed by atoms with Crippen molar-refractivity contribution in [1.29, 1.82) is 0 Å². The Morgan fingerprint density at radius 2 is 1.82 bits per heavy atom. The molecule has 1 aromatic carbocycles. The molecule has 0 atom stereocenters. The largest absolute Gasteiger partial charge is 0.339 e. The second-order valence-electron chi connectivity index (χ2n) is 5.72. The first-order chi connectivity index (χ1) is 10.5. The maximum Gasteiger partial charge on any atom is 0.238 e. The fourth-order valence-corrected chi connectivity index (χ4v) is 2.38. The molecule has 2 rings (SSSR count). The van der Waals surface area contributed by atoms with Crippen molar-refractivity contribution in [3.8, 4) is 0 Å². The van der Waals surface area contributed by atoms with Gasteiger partial charge in [0.05, 0.1) is 13.1 Å². The van der Waals surface area contributed by atoms with E-state index < -0.39 is 0 Å². The van der Waals surface area contributed by atoms with E-state index in [-0.39, 0.29) is 24.9 Å². The SMILES string of the molecule is Cc1ccc(NC(=O)CN(C)CC(=O)N2CCNCC2)cc1. The number of anilines is 1. The molecule has 0 unspecified atom stereocenters. The van der Waals surface area contributed by atoms with Crippen molar-refractivity contribution < 1.29 is 9.59 Å². The van der Waals surface area contributed by atoms with Gasteiger partial charge in [0.25, 0.3) is 0 Å². The third-order valence-electron chi connectivity index (χ3n) is 3.62. The van der Waals surface area contributed by atoms with Crippen LogP contribution in [0, 0.1) is 6.92 Å². The number of likely N-dealkylation sites (N-methyl/N-ethyl adjacent to an activating group) is 1. The number of benzene rings is 1. The number of amides is 2. The van der Waals surface area contributed by atoms with E-state index in [0.717, 1.165) is 37.4 Å². The van der Waals surface area contributed by atoms with Gasteiger partial charge >= 0.3 is 0 Å². The second kappa shape index (κ2) is 7.91. The molecular weight excluding hydrogens is 280 g/mol. The Morgan fingerprint density at radius 1 is 1.18 bits per heavy atom. The minimum Gasteiger partial charge on any atom is -0.339 e. The van der Waals surface area contributed by atoms with Gasteiger partial charge in [-0.25, -0.2) is 0 Å². The van der Waals surface area contributed by atoms with E-state index >= 15 is 0 Å².